The maximum absolute atomic E-state index is 11.9. The van der Waals surface area contributed by atoms with Crippen LogP contribution in [0.1, 0.15) is 20.3 Å². The fraction of sp³-hybridized carbons (Fsp3) is 0.889. The third-order valence-electron chi connectivity index (χ3n) is 2.54. The molecule has 1 amide bonds. The first kappa shape index (κ1) is 14.2. The molecule has 0 fully saturated rings. The Bertz CT molecular complexity index is 208. The van der Waals surface area contributed by atoms with Crippen LogP contribution < -0.4 is 11.1 Å². The van der Waals surface area contributed by atoms with E-state index in [1.165, 1.54) is 0 Å². The number of hydrogen-bond acceptors (Lipinski definition) is 3. The summed E-state index contributed by atoms with van der Waals surface area (Å²) in [4.78, 5) is 11.5. The second-order valence-electron chi connectivity index (χ2n) is 3.73. The average molecular weight is 224 g/mol. The van der Waals surface area contributed by atoms with Crippen LogP contribution in [-0.4, -0.2) is 36.6 Å². The molecule has 0 saturated heterocycles. The number of nitrogens with two attached hydrogens (primary N) is 1. The molecule has 4 nitrogen and oxygen atoms in total. The highest BCUT2D eigenvalue weighted by molar-refractivity contribution is 5.82. The molecule has 90 valence electrons. The molecule has 4 N–H and O–H groups in total. The Hall–Kier alpha value is -0.750. The summed E-state index contributed by atoms with van der Waals surface area (Å²) < 4.78 is 23.8. The molecule has 0 spiro atoms. The minimum atomic E-state index is -2.85. The van der Waals surface area contributed by atoms with Gasteiger partial charge in [-0.2, -0.15) is 0 Å². The van der Waals surface area contributed by atoms with Gasteiger partial charge in [-0.3, -0.25) is 4.79 Å². The van der Waals surface area contributed by atoms with Gasteiger partial charge >= 0.3 is 0 Å². The van der Waals surface area contributed by atoms with Gasteiger partial charge in [-0.25, -0.2) is 8.78 Å². The van der Waals surface area contributed by atoms with Crippen LogP contribution in [0.5, 0.6) is 0 Å². The molecule has 0 aliphatic rings. The summed E-state index contributed by atoms with van der Waals surface area (Å²) >= 11 is 0. The van der Waals surface area contributed by atoms with Crippen LogP contribution in [0, 0.1) is 5.41 Å². The van der Waals surface area contributed by atoms with E-state index < -0.39 is 30.4 Å². The van der Waals surface area contributed by atoms with Crippen molar-refractivity contribution >= 4 is 5.91 Å². The Morgan fingerprint density at radius 2 is 2.13 bits per heavy atom. The highest BCUT2D eigenvalue weighted by Crippen LogP contribution is 2.18. The zero-order chi connectivity index (χ0) is 12.1. The zero-order valence-electron chi connectivity index (χ0n) is 8.96. The molecule has 0 bridgehead atoms. The first-order valence-electron chi connectivity index (χ1n) is 4.82. The van der Waals surface area contributed by atoms with Crippen LogP contribution >= 0.6 is 0 Å². The molecule has 6 heteroatoms. The van der Waals surface area contributed by atoms with Gasteiger partial charge in [-0.15, -0.1) is 0 Å². The number of aliphatic hydroxyl groups excluding tert-OH is 1. The molecular formula is C9H18F2N2O2. The van der Waals surface area contributed by atoms with Crippen molar-refractivity contribution in [1.29, 1.82) is 0 Å². The molecule has 15 heavy (non-hydrogen) atoms. The first-order valence-corrected chi connectivity index (χ1v) is 4.82. The number of hydrogen-bond donors (Lipinski definition) is 3. The number of carbonyl (C=O) groups excluding carboxylic acids is 1. The van der Waals surface area contributed by atoms with Crippen molar-refractivity contribution in [3.63, 3.8) is 0 Å². The van der Waals surface area contributed by atoms with E-state index in [9.17, 15) is 13.6 Å². The predicted molar refractivity (Wildman–Crippen MR) is 52.5 cm³/mol. The van der Waals surface area contributed by atoms with Crippen LogP contribution in [0.2, 0.25) is 0 Å². The van der Waals surface area contributed by atoms with Crippen molar-refractivity contribution in [2.45, 2.75) is 32.8 Å². The molecule has 2 unspecified atom stereocenters. The van der Waals surface area contributed by atoms with Crippen molar-refractivity contribution in [2.75, 3.05) is 13.1 Å². The van der Waals surface area contributed by atoms with E-state index in [0.717, 1.165) is 0 Å². The third kappa shape index (κ3) is 4.09. The van der Waals surface area contributed by atoms with Crippen LogP contribution in [-0.2, 0) is 4.79 Å². The van der Waals surface area contributed by atoms with Crippen molar-refractivity contribution in [3.8, 4) is 0 Å². The van der Waals surface area contributed by atoms with E-state index in [-0.39, 0.29) is 6.54 Å². The smallest absolute Gasteiger partial charge is 0.265 e. The Labute approximate surface area is 87.8 Å². The van der Waals surface area contributed by atoms with Crippen LogP contribution in [0.4, 0.5) is 8.78 Å². The monoisotopic (exact) mass is 224 g/mol. The van der Waals surface area contributed by atoms with E-state index in [1.54, 1.807) is 13.8 Å². The molecule has 0 aliphatic carbocycles. The molecule has 0 saturated carbocycles. The standard InChI is InChI=1S/C9H18F2N2O2/c1-3-9(2,5-12)8(15)13-4-6(14)7(10)11/h6-7,14H,3-5,12H2,1-2H3,(H,13,15). The van der Waals surface area contributed by atoms with Gasteiger partial charge in [-0.1, -0.05) is 6.92 Å². The Balaban J connectivity index is 4.14. The summed E-state index contributed by atoms with van der Waals surface area (Å²) in [5.41, 5.74) is 4.65. The van der Waals surface area contributed by atoms with Crippen molar-refractivity contribution in [3.05, 3.63) is 0 Å². The summed E-state index contributed by atoms with van der Waals surface area (Å²) in [6, 6.07) is 0. The molecule has 0 rings (SSSR count). The number of carbonyl (C=O) groups is 1. The number of amides is 1. The Morgan fingerprint density at radius 3 is 2.47 bits per heavy atom. The van der Waals surface area contributed by atoms with Gasteiger partial charge in [0.25, 0.3) is 6.43 Å². The number of alkyl halides is 2. The lowest BCUT2D eigenvalue weighted by Gasteiger charge is -2.25. The molecular weight excluding hydrogens is 206 g/mol. The fourth-order valence-electron chi connectivity index (χ4n) is 0.897. The SMILES string of the molecule is CCC(C)(CN)C(=O)NCC(O)C(F)F. The Morgan fingerprint density at radius 1 is 1.60 bits per heavy atom. The number of nitrogens with one attached hydrogen (secondary N) is 1. The van der Waals surface area contributed by atoms with E-state index in [0.29, 0.717) is 6.42 Å². The van der Waals surface area contributed by atoms with Gasteiger partial charge in [-0.05, 0) is 13.3 Å². The van der Waals surface area contributed by atoms with Gasteiger partial charge in [0.15, 0.2) is 0 Å². The van der Waals surface area contributed by atoms with Gasteiger partial charge in [0, 0.05) is 13.1 Å². The minimum Gasteiger partial charge on any atom is -0.385 e. The summed E-state index contributed by atoms with van der Waals surface area (Å²) in [5, 5.41) is 11.0. The van der Waals surface area contributed by atoms with Crippen LogP contribution in [0.15, 0.2) is 0 Å². The summed E-state index contributed by atoms with van der Waals surface area (Å²) in [5.74, 6) is -0.410. The molecule has 0 aromatic heterocycles. The van der Waals surface area contributed by atoms with E-state index in [4.69, 9.17) is 10.8 Å². The zero-order valence-corrected chi connectivity index (χ0v) is 8.96. The third-order valence-corrected chi connectivity index (χ3v) is 2.54. The second kappa shape index (κ2) is 5.97. The predicted octanol–water partition coefficient (Wildman–Crippen LogP) is 0.104. The van der Waals surface area contributed by atoms with Crippen molar-refractivity contribution in [2.24, 2.45) is 11.1 Å². The van der Waals surface area contributed by atoms with E-state index >= 15 is 0 Å². The fourth-order valence-corrected chi connectivity index (χ4v) is 0.897. The van der Waals surface area contributed by atoms with Crippen molar-refractivity contribution < 1.29 is 18.7 Å². The molecule has 0 aliphatic heterocycles. The topological polar surface area (TPSA) is 75.4 Å². The lowest BCUT2D eigenvalue weighted by molar-refractivity contribution is -0.130. The average Bonchev–Trinajstić information content (AvgIpc) is 2.23. The highest BCUT2D eigenvalue weighted by atomic mass is 19.3. The number of halogens is 2. The van der Waals surface area contributed by atoms with Gasteiger partial charge in [0.1, 0.15) is 6.10 Å². The van der Waals surface area contributed by atoms with Crippen LogP contribution in [0.25, 0.3) is 0 Å². The van der Waals surface area contributed by atoms with Crippen molar-refractivity contribution in [1.82, 2.24) is 5.32 Å². The lowest BCUT2D eigenvalue weighted by Crippen LogP contribution is -2.46. The molecule has 0 radical (unpaired) electrons. The maximum Gasteiger partial charge on any atom is 0.265 e. The first-order chi connectivity index (χ1) is 6.87. The van der Waals surface area contributed by atoms with Gasteiger partial charge < -0.3 is 16.2 Å². The van der Waals surface area contributed by atoms with E-state index in [2.05, 4.69) is 5.32 Å². The van der Waals surface area contributed by atoms with Crippen LogP contribution in [0.3, 0.4) is 0 Å². The van der Waals surface area contributed by atoms with Gasteiger partial charge in [0.05, 0.1) is 5.41 Å². The number of aliphatic hydroxyl groups is 1. The highest BCUT2D eigenvalue weighted by Gasteiger charge is 2.30. The summed E-state index contributed by atoms with van der Waals surface area (Å²) in [7, 11) is 0. The molecule has 0 aromatic carbocycles. The van der Waals surface area contributed by atoms with E-state index in [1.807, 2.05) is 0 Å². The normalized spacial score (nSPS) is 17.3. The Kier molecular flexibility index (Phi) is 5.67. The molecule has 2 atom stereocenters. The van der Waals surface area contributed by atoms with Gasteiger partial charge in [0.2, 0.25) is 5.91 Å². The second-order valence-corrected chi connectivity index (χ2v) is 3.73. The minimum absolute atomic E-state index is 0.139. The summed E-state index contributed by atoms with van der Waals surface area (Å²) in [6.07, 6.45) is -4.16. The largest absolute Gasteiger partial charge is 0.385 e. The number of rotatable bonds is 6. The molecule has 0 aromatic rings. The quantitative estimate of drug-likeness (QED) is 0.599. The maximum atomic E-state index is 11.9. The summed E-state index contributed by atoms with van der Waals surface area (Å²) in [6.45, 7) is 3.12. The molecule has 0 heterocycles. The lowest BCUT2D eigenvalue weighted by atomic mass is 9.86.